The SMILES string of the molecule is Cn1nc(-c2cccc(F)c2)c(C2CCC2)c1NC=O. The fourth-order valence-electron chi connectivity index (χ4n) is 2.70. The molecule has 1 heterocycles. The Morgan fingerprint density at radius 1 is 1.45 bits per heavy atom. The molecule has 3 rings (SSSR count). The van der Waals surface area contributed by atoms with E-state index in [1.165, 1.54) is 18.6 Å². The third-order valence-corrected chi connectivity index (χ3v) is 3.89. The van der Waals surface area contributed by atoms with Crippen LogP contribution in [0.2, 0.25) is 0 Å². The average Bonchev–Trinajstić information content (AvgIpc) is 2.67. The van der Waals surface area contributed by atoms with Crippen molar-refractivity contribution in [1.29, 1.82) is 0 Å². The number of carbonyl (C=O) groups excluding carboxylic acids is 1. The highest BCUT2D eigenvalue weighted by atomic mass is 19.1. The van der Waals surface area contributed by atoms with E-state index >= 15 is 0 Å². The largest absolute Gasteiger partial charge is 0.313 e. The summed E-state index contributed by atoms with van der Waals surface area (Å²) in [5, 5.41) is 7.20. The zero-order valence-electron chi connectivity index (χ0n) is 11.3. The van der Waals surface area contributed by atoms with Crippen LogP contribution in [-0.2, 0) is 11.8 Å². The first-order chi connectivity index (χ1) is 9.70. The fourth-order valence-corrected chi connectivity index (χ4v) is 2.70. The molecule has 1 aliphatic carbocycles. The highest BCUT2D eigenvalue weighted by Crippen LogP contribution is 2.44. The lowest BCUT2D eigenvalue weighted by Gasteiger charge is -2.26. The van der Waals surface area contributed by atoms with Crippen molar-refractivity contribution >= 4 is 12.2 Å². The van der Waals surface area contributed by atoms with Crippen molar-refractivity contribution in [3.8, 4) is 11.3 Å². The lowest BCUT2D eigenvalue weighted by atomic mass is 9.79. The van der Waals surface area contributed by atoms with Crippen molar-refractivity contribution in [3.63, 3.8) is 0 Å². The molecule has 1 saturated carbocycles. The number of amides is 1. The van der Waals surface area contributed by atoms with Gasteiger partial charge in [-0.05, 0) is 30.9 Å². The standard InChI is InChI=1S/C15H16FN3O/c1-19-15(17-9-20)13(10-4-2-5-10)14(18-19)11-6-3-7-12(16)8-11/h3,6-10H,2,4-5H2,1H3,(H,17,20). The number of nitrogens with one attached hydrogen (secondary N) is 1. The zero-order valence-corrected chi connectivity index (χ0v) is 11.3. The van der Waals surface area contributed by atoms with E-state index in [4.69, 9.17) is 0 Å². The minimum absolute atomic E-state index is 0.280. The van der Waals surface area contributed by atoms with Gasteiger partial charge in [0.25, 0.3) is 0 Å². The predicted octanol–water partition coefficient (Wildman–Crippen LogP) is 3.06. The monoisotopic (exact) mass is 273 g/mol. The summed E-state index contributed by atoms with van der Waals surface area (Å²) in [7, 11) is 1.79. The number of benzene rings is 1. The van der Waals surface area contributed by atoms with Crippen molar-refractivity contribution < 1.29 is 9.18 Å². The Morgan fingerprint density at radius 2 is 2.25 bits per heavy atom. The number of hydrogen-bond donors (Lipinski definition) is 1. The molecule has 0 bridgehead atoms. The van der Waals surface area contributed by atoms with Crippen molar-refractivity contribution in [3.05, 3.63) is 35.6 Å². The molecule has 2 aromatic rings. The number of aromatic nitrogens is 2. The first kappa shape index (κ1) is 12.8. The number of hydrogen-bond acceptors (Lipinski definition) is 2. The van der Waals surface area contributed by atoms with E-state index in [0.717, 1.165) is 29.7 Å². The molecule has 0 radical (unpaired) electrons. The number of aryl methyl sites for hydroxylation is 1. The van der Waals surface area contributed by atoms with Gasteiger partial charge in [0.15, 0.2) is 0 Å². The molecule has 1 aliphatic rings. The Kier molecular flexibility index (Phi) is 3.26. The molecule has 0 aliphatic heterocycles. The minimum Gasteiger partial charge on any atom is -0.313 e. The van der Waals surface area contributed by atoms with E-state index in [0.29, 0.717) is 18.1 Å². The maximum absolute atomic E-state index is 13.4. The number of halogens is 1. The van der Waals surface area contributed by atoms with Crippen molar-refractivity contribution in [1.82, 2.24) is 9.78 Å². The summed E-state index contributed by atoms with van der Waals surface area (Å²) in [5.41, 5.74) is 2.54. The van der Waals surface area contributed by atoms with Gasteiger partial charge in [0.1, 0.15) is 11.6 Å². The third kappa shape index (κ3) is 2.09. The minimum atomic E-state index is -0.280. The zero-order chi connectivity index (χ0) is 14.1. The molecule has 0 atom stereocenters. The van der Waals surface area contributed by atoms with Crippen LogP contribution >= 0.6 is 0 Å². The quantitative estimate of drug-likeness (QED) is 0.870. The van der Waals surface area contributed by atoms with Crippen molar-refractivity contribution in [2.45, 2.75) is 25.2 Å². The molecule has 0 spiro atoms. The third-order valence-electron chi connectivity index (χ3n) is 3.89. The van der Waals surface area contributed by atoms with E-state index < -0.39 is 0 Å². The summed E-state index contributed by atoms with van der Waals surface area (Å²) in [6.45, 7) is 0. The smallest absolute Gasteiger partial charge is 0.212 e. The Labute approximate surface area is 116 Å². The van der Waals surface area contributed by atoms with Crippen LogP contribution < -0.4 is 5.32 Å². The predicted molar refractivity (Wildman–Crippen MR) is 74.9 cm³/mol. The molecule has 0 unspecified atom stereocenters. The van der Waals surface area contributed by atoms with Crippen LogP contribution in [-0.4, -0.2) is 16.2 Å². The number of rotatable bonds is 4. The lowest BCUT2D eigenvalue weighted by molar-refractivity contribution is -0.105. The first-order valence-corrected chi connectivity index (χ1v) is 6.73. The molecule has 104 valence electrons. The van der Waals surface area contributed by atoms with E-state index in [-0.39, 0.29) is 5.82 Å². The van der Waals surface area contributed by atoms with Gasteiger partial charge in [-0.3, -0.25) is 9.48 Å². The maximum Gasteiger partial charge on any atom is 0.212 e. The van der Waals surface area contributed by atoms with Crippen LogP contribution in [0.25, 0.3) is 11.3 Å². The summed E-state index contributed by atoms with van der Waals surface area (Å²) in [5.74, 6) is 0.825. The van der Waals surface area contributed by atoms with Gasteiger partial charge in [0, 0.05) is 18.2 Å². The molecule has 4 nitrogen and oxygen atoms in total. The van der Waals surface area contributed by atoms with Gasteiger partial charge in [-0.15, -0.1) is 0 Å². The average molecular weight is 273 g/mol. The van der Waals surface area contributed by atoms with Crippen LogP contribution in [0, 0.1) is 5.82 Å². The van der Waals surface area contributed by atoms with Crippen LogP contribution in [0.4, 0.5) is 10.2 Å². The van der Waals surface area contributed by atoms with Crippen molar-refractivity contribution in [2.24, 2.45) is 7.05 Å². The molecule has 1 amide bonds. The van der Waals surface area contributed by atoms with Gasteiger partial charge >= 0.3 is 0 Å². The molecular formula is C15H16FN3O. The van der Waals surface area contributed by atoms with Crippen LogP contribution in [0.3, 0.4) is 0 Å². The molecule has 1 fully saturated rings. The maximum atomic E-state index is 13.4. The van der Waals surface area contributed by atoms with Crippen LogP contribution in [0.5, 0.6) is 0 Å². The highest BCUT2D eigenvalue weighted by molar-refractivity contribution is 5.78. The second-order valence-electron chi connectivity index (χ2n) is 5.13. The molecular weight excluding hydrogens is 257 g/mol. The Morgan fingerprint density at radius 3 is 2.85 bits per heavy atom. The van der Waals surface area contributed by atoms with Crippen molar-refractivity contribution in [2.75, 3.05) is 5.32 Å². The van der Waals surface area contributed by atoms with E-state index in [2.05, 4.69) is 10.4 Å². The second-order valence-corrected chi connectivity index (χ2v) is 5.13. The van der Waals surface area contributed by atoms with Gasteiger partial charge < -0.3 is 5.32 Å². The first-order valence-electron chi connectivity index (χ1n) is 6.73. The lowest BCUT2D eigenvalue weighted by Crippen LogP contribution is -2.12. The van der Waals surface area contributed by atoms with Gasteiger partial charge in [0.2, 0.25) is 6.41 Å². The summed E-state index contributed by atoms with van der Waals surface area (Å²) < 4.78 is 15.1. The molecule has 0 saturated heterocycles. The van der Waals surface area contributed by atoms with Gasteiger partial charge in [-0.25, -0.2) is 4.39 Å². The Hall–Kier alpha value is -2.17. The van der Waals surface area contributed by atoms with Gasteiger partial charge in [-0.2, -0.15) is 5.10 Å². The number of carbonyl (C=O) groups is 1. The molecule has 1 aromatic heterocycles. The molecule has 1 N–H and O–H groups in total. The fraction of sp³-hybridized carbons (Fsp3) is 0.333. The summed E-state index contributed by atoms with van der Waals surface area (Å²) in [4.78, 5) is 10.8. The topological polar surface area (TPSA) is 46.9 Å². The van der Waals surface area contributed by atoms with Crippen LogP contribution in [0.1, 0.15) is 30.7 Å². The molecule has 5 heteroatoms. The Bertz CT molecular complexity index is 647. The van der Waals surface area contributed by atoms with Gasteiger partial charge in [0.05, 0.1) is 5.69 Å². The molecule has 20 heavy (non-hydrogen) atoms. The van der Waals surface area contributed by atoms with E-state index in [1.54, 1.807) is 17.8 Å². The van der Waals surface area contributed by atoms with Crippen LogP contribution in [0.15, 0.2) is 24.3 Å². The number of anilines is 1. The highest BCUT2D eigenvalue weighted by Gasteiger charge is 2.29. The molecule has 1 aromatic carbocycles. The summed E-state index contributed by atoms with van der Waals surface area (Å²) in [6, 6.07) is 6.42. The number of nitrogens with zero attached hydrogens (tertiary/aromatic N) is 2. The van der Waals surface area contributed by atoms with E-state index in [1.807, 2.05) is 6.07 Å². The summed E-state index contributed by atoms with van der Waals surface area (Å²) in [6.07, 6.45) is 4.01. The second kappa shape index (κ2) is 5.07. The Balaban J connectivity index is 2.14. The van der Waals surface area contributed by atoms with Gasteiger partial charge in [-0.1, -0.05) is 18.6 Å². The summed E-state index contributed by atoms with van der Waals surface area (Å²) >= 11 is 0. The normalized spacial score (nSPS) is 14.9. The van der Waals surface area contributed by atoms with E-state index in [9.17, 15) is 9.18 Å².